The van der Waals surface area contributed by atoms with Crippen LogP contribution in [0.25, 0.3) is 0 Å². The summed E-state index contributed by atoms with van der Waals surface area (Å²) in [4.78, 5) is 13.1. The Balaban J connectivity index is 1.95. The molecule has 2 aromatic rings. The van der Waals surface area contributed by atoms with E-state index >= 15 is 0 Å². The van der Waals surface area contributed by atoms with E-state index in [4.69, 9.17) is 17.0 Å². The third-order valence-corrected chi connectivity index (χ3v) is 5.04. The fraction of sp³-hybridized carbons (Fsp3) is 0.238. The number of methoxy groups -OCH3 is 1. The normalized spacial score (nSPS) is 16.4. The third kappa shape index (κ3) is 3.95. The lowest BCUT2D eigenvalue weighted by Crippen LogP contribution is -2.45. The Morgan fingerprint density at radius 2 is 1.81 bits per heavy atom. The maximum atomic E-state index is 13.1. The maximum absolute atomic E-state index is 13.1. The number of hydrogen-bond acceptors (Lipinski definition) is 3. The van der Waals surface area contributed by atoms with Crippen LogP contribution in [-0.2, 0) is 4.79 Å². The van der Waals surface area contributed by atoms with Crippen molar-refractivity contribution in [2.75, 3.05) is 12.4 Å². The molecule has 27 heavy (non-hydrogen) atoms. The molecule has 0 bridgehead atoms. The van der Waals surface area contributed by atoms with E-state index < -0.39 is 0 Å². The molecule has 1 aliphatic heterocycles. The number of aryl methyl sites for hydroxylation is 1. The van der Waals surface area contributed by atoms with Gasteiger partial charge in [-0.05, 0) is 67.9 Å². The van der Waals surface area contributed by atoms with Gasteiger partial charge in [-0.25, -0.2) is 0 Å². The Labute approximate surface area is 164 Å². The van der Waals surface area contributed by atoms with Crippen LogP contribution in [0.3, 0.4) is 0 Å². The Hall–Kier alpha value is -2.86. The van der Waals surface area contributed by atoms with Crippen molar-refractivity contribution in [1.29, 1.82) is 0 Å². The van der Waals surface area contributed by atoms with E-state index in [-0.39, 0.29) is 11.9 Å². The SMILES string of the molecule is COc1ccc([C@H]2NC(=S)NC(C)=C2C(=O)Nc2cccc(C)c2C)cc1. The zero-order valence-corrected chi connectivity index (χ0v) is 16.7. The average molecular weight is 382 g/mol. The minimum atomic E-state index is -0.338. The molecule has 0 saturated heterocycles. The van der Waals surface area contributed by atoms with Gasteiger partial charge in [0.05, 0.1) is 18.7 Å². The fourth-order valence-corrected chi connectivity index (χ4v) is 3.39. The predicted octanol–water partition coefficient (Wildman–Crippen LogP) is 3.74. The zero-order valence-electron chi connectivity index (χ0n) is 15.8. The topological polar surface area (TPSA) is 62.4 Å². The van der Waals surface area contributed by atoms with Crippen molar-refractivity contribution in [3.8, 4) is 5.75 Å². The molecule has 3 N–H and O–H groups in total. The summed E-state index contributed by atoms with van der Waals surface area (Å²) in [6.07, 6.45) is 0. The highest BCUT2D eigenvalue weighted by Gasteiger charge is 2.30. The number of benzene rings is 2. The highest BCUT2D eigenvalue weighted by molar-refractivity contribution is 7.80. The molecule has 1 atom stereocenters. The van der Waals surface area contributed by atoms with Gasteiger partial charge in [-0.1, -0.05) is 24.3 Å². The first-order chi connectivity index (χ1) is 12.9. The van der Waals surface area contributed by atoms with Crippen molar-refractivity contribution in [3.05, 3.63) is 70.4 Å². The fourth-order valence-electron chi connectivity index (χ4n) is 3.12. The smallest absolute Gasteiger partial charge is 0.255 e. The molecule has 5 nitrogen and oxygen atoms in total. The molecular formula is C21H23N3O2S. The largest absolute Gasteiger partial charge is 0.497 e. The molecule has 1 aliphatic rings. The third-order valence-electron chi connectivity index (χ3n) is 4.82. The average Bonchev–Trinajstić information content (AvgIpc) is 2.64. The quantitative estimate of drug-likeness (QED) is 0.704. The van der Waals surface area contributed by atoms with E-state index in [1.54, 1.807) is 7.11 Å². The highest BCUT2D eigenvalue weighted by Crippen LogP contribution is 2.29. The molecule has 1 amide bonds. The molecular weight excluding hydrogens is 358 g/mol. The number of carbonyl (C=O) groups is 1. The second kappa shape index (κ2) is 7.80. The molecule has 3 rings (SSSR count). The molecule has 0 unspecified atom stereocenters. The van der Waals surface area contributed by atoms with E-state index in [9.17, 15) is 4.79 Å². The number of carbonyl (C=O) groups excluding carboxylic acids is 1. The molecule has 0 saturated carbocycles. The number of rotatable bonds is 4. The molecule has 0 aromatic heterocycles. The van der Waals surface area contributed by atoms with Gasteiger partial charge in [0.15, 0.2) is 5.11 Å². The monoisotopic (exact) mass is 381 g/mol. The summed E-state index contributed by atoms with van der Waals surface area (Å²) in [5.74, 6) is 0.599. The maximum Gasteiger partial charge on any atom is 0.255 e. The van der Waals surface area contributed by atoms with Crippen molar-refractivity contribution in [2.24, 2.45) is 0 Å². The summed E-state index contributed by atoms with van der Waals surface area (Å²) in [5, 5.41) is 9.80. The standard InChI is InChI=1S/C21H23N3O2S/c1-12-6-5-7-17(13(12)2)23-20(25)18-14(3)22-21(27)24-19(18)15-8-10-16(26-4)11-9-15/h5-11,19H,1-4H3,(H,23,25)(H2,22,24,27)/t19-/m1/s1. The number of thiocarbonyl (C=S) groups is 1. The number of ether oxygens (including phenoxy) is 1. The van der Waals surface area contributed by atoms with Crippen molar-refractivity contribution in [2.45, 2.75) is 26.8 Å². The van der Waals surface area contributed by atoms with Crippen molar-refractivity contribution in [3.63, 3.8) is 0 Å². The van der Waals surface area contributed by atoms with Crippen LogP contribution >= 0.6 is 12.2 Å². The lowest BCUT2D eigenvalue weighted by molar-refractivity contribution is -0.113. The Kier molecular flexibility index (Phi) is 5.46. The van der Waals surface area contributed by atoms with E-state index in [0.29, 0.717) is 10.7 Å². The van der Waals surface area contributed by atoms with Gasteiger partial charge in [0, 0.05) is 11.4 Å². The number of nitrogens with one attached hydrogen (secondary N) is 3. The molecule has 0 aliphatic carbocycles. The van der Waals surface area contributed by atoms with Crippen LogP contribution in [0.4, 0.5) is 5.69 Å². The molecule has 0 fully saturated rings. The van der Waals surface area contributed by atoms with Gasteiger partial charge in [0.25, 0.3) is 5.91 Å². The molecule has 2 aromatic carbocycles. The predicted molar refractivity (Wildman–Crippen MR) is 112 cm³/mol. The summed E-state index contributed by atoms with van der Waals surface area (Å²) in [6.45, 7) is 5.89. The van der Waals surface area contributed by atoms with Crippen LogP contribution in [0.1, 0.15) is 29.7 Å². The van der Waals surface area contributed by atoms with Crippen LogP contribution < -0.4 is 20.7 Å². The summed E-state index contributed by atoms with van der Waals surface area (Å²) >= 11 is 5.30. The first-order valence-corrected chi connectivity index (χ1v) is 9.11. The van der Waals surface area contributed by atoms with Crippen LogP contribution in [0.2, 0.25) is 0 Å². The van der Waals surface area contributed by atoms with Crippen molar-refractivity contribution in [1.82, 2.24) is 10.6 Å². The number of allylic oxidation sites excluding steroid dienone is 1. The summed E-state index contributed by atoms with van der Waals surface area (Å²) in [7, 11) is 1.63. The lowest BCUT2D eigenvalue weighted by Gasteiger charge is -2.30. The lowest BCUT2D eigenvalue weighted by atomic mass is 9.94. The first-order valence-electron chi connectivity index (χ1n) is 8.70. The van der Waals surface area contributed by atoms with Gasteiger partial charge in [-0.2, -0.15) is 0 Å². The highest BCUT2D eigenvalue weighted by atomic mass is 32.1. The minimum absolute atomic E-state index is 0.162. The van der Waals surface area contributed by atoms with E-state index in [0.717, 1.165) is 33.8 Å². The van der Waals surface area contributed by atoms with Crippen LogP contribution in [-0.4, -0.2) is 18.1 Å². The summed E-state index contributed by atoms with van der Waals surface area (Å²) < 4.78 is 5.23. The summed E-state index contributed by atoms with van der Waals surface area (Å²) in [6, 6.07) is 13.1. The molecule has 6 heteroatoms. The van der Waals surface area contributed by atoms with Gasteiger partial charge in [-0.3, -0.25) is 4.79 Å². The van der Waals surface area contributed by atoms with Gasteiger partial charge in [-0.15, -0.1) is 0 Å². The first kappa shape index (κ1) is 18.9. The molecule has 0 radical (unpaired) electrons. The van der Waals surface area contributed by atoms with Gasteiger partial charge in [0.2, 0.25) is 0 Å². The number of anilines is 1. The van der Waals surface area contributed by atoms with Gasteiger partial charge in [0.1, 0.15) is 5.75 Å². The van der Waals surface area contributed by atoms with Crippen LogP contribution in [0, 0.1) is 13.8 Å². The number of hydrogen-bond donors (Lipinski definition) is 3. The van der Waals surface area contributed by atoms with Crippen molar-refractivity contribution >= 4 is 28.9 Å². The van der Waals surface area contributed by atoms with E-state index in [1.165, 1.54) is 0 Å². The second-order valence-electron chi connectivity index (χ2n) is 6.54. The Morgan fingerprint density at radius 1 is 1.11 bits per heavy atom. The van der Waals surface area contributed by atoms with E-state index in [2.05, 4.69) is 16.0 Å². The van der Waals surface area contributed by atoms with E-state index in [1.807, 2.05) is 63.2 Å². The molecule has 0 spiro atoms. The van der Waals surface area contributed by atoms with Gasteiger partial charge < -0.3 is 20.7 Å². The van der Waals surface area contributed by atoms with Crippen LogP contribution in [0.5, 0.6) is 5.75 Å². The zero-order chi connectivity index (χ0) is 19.6. The molecule has 1 heterocycles. The Morgan fingerprint density at radius 3 is 2.48 bits per heavy atom. The minimum Gasteiger partial charge on any atom is -0.497 e. The second-order valence-corrected chi connectivity index (χ2v) is 6.95. The van der Waals surface area contributed by atoms with Crippen molar-refractivity contribution < 1.29 is 9.53 Å². The van der Waals surface area contributed by atoms with Crippen LogP contribution in [0.15, 0.2) is 53.7 Å². The van der Waals surface area contributed by atoms with Gasteiger partial charge >= 0.3 is 0 Å². The summed E-state index contributed by atoms with van der Waals surface area (Å²) in [5.41, 5.74) is 5.27. The number of amides is 1. The Bertz CT molecular complexity index is 920. The molecule has 140 valence electrons.